The van der Waals surface area contributed by atoms with Gasteiger partial charge in [-0.25, -0.2) is 0 Å². The molecule has 0 unspecified atom stereocenters. The Morgan fingerprint density at radius 2 is 0.509 bits per heavy atom. The molecule has 4 heteroatoms. The Morgan fingerprint density at radius 1 is 0.321 bits per heavy atom. The van der Waals surface area contributed by atoms with Gasteiger partial charge in [-0.15, -0.1) is 0 Å². The maximum Gasteiger partial charge on any atom is 0.126 e. The summed E-state index contributed by atoms with van der Waals surface area (Å²) in [5, 5.41) is 49.4. The van der Waals surface area contributed by atoms with Gasteiger partial charge in [0.15, 0.2) is 0 Å². The van der Waals surface area contributed by atoms with Gasteiger partial charge in [-0.05, 0) is 34.4 Å². The maximum atomic E-state index is 12.4. The molecule has 0 radical (unpaired) electrons. The van der Waals surface area contributed by atoms with Crippen molar-refractivity contribution in [3.05, 3.63) is 189 Å². The van der Waals surface area contributed by atoms with Crippen molar-refractivity contribution in [3.63, 3.8) is 0 Å². The molecule has 6 rings (SSSR count). The third-order valence-electron chi connectivity index (χ3n) is 11.8. The van der Waals surface area contributed by atoms with Gasteiger partial charge in [0.1, 0.15) is 23.0 Å². The van der Waals surface area contributed by atoms with Crippen LogP contribution in [0, 0.1) is 0 Å². The molecule has 0 aliphatic carbocycles. The molecule has 53 heavy (non-hydrogen) atoms. The molecule has 4 nitrogen and oxygen atoms in total. The Kier molecular flexibility index (Phi) is 9.72. The third-order valence-corrected chi connectivity index (χ3v) is 11.8. The van der Waals surface area contributed by atoms with Crippen molar-refractivity contribution >= 4 is 0 Å². The van der Waals surface area contributed by atoms with E-state index in [-0.39, 0.29) is 40.5 Å². The van der Waals surface area contributed by atoms with Crippen molar-refractivity contribution in [3.8, 4) is 23.0 Å². The predicted octanol–water partition coefficient (Wildman–Crippen LogP) is 11.4. The Morgan fingerprint density at radius 3 is 0.698 bits per heavy atom. The average Bonchev–Trinajstić information content (AvgIpc) is 3.15. The molecule has 0 aromatic heterocycles. The summed E-state index contributed by atoms with van der Waals surface area (Å²) in [5.74, 6) is -0.280. The third kappa shape index (κ3) is 6.56. The second-order valence-electron chi connectivity index (χ2n) is 16.4. The minimum atomic E-state index is -0.670. The van der Waals surface area contributed by atoms with Gasteiger partial charge in [-0.2, -0.15) is 0 Å². The van der Waals surface area contributed by atoms with Gasteiger partial charge in [-0.3, -0.25) is 0 Å². The molecule has 272 valence electrons. The second kappa shape index (κ2) is 13.8. The van der Waals surface area contributed by atoms with Crippen LogP contribution in [0.3, 0.4) is 0 Å². The zero-order chi connectivity index (χ0) is 38.3. The molecule has 0 heterocycles. The van der Waals surface area contributed by atoms with Crippen molar-refractivity contribution in [1.82, 2.24) is 0 Å². The normalized spacial score (nSPS) is 12.5. The number of phenols is 4. The molecule has 0 amide bonds. The van der Waals surface area contributed by atoms with Gasteiger partial charge in [0, 0.05) is 61.5 Å². The van der Waals surface area contributed by atoms with E-state index in [4.69, 9.17) is 0 Å². The number of benzene rings is 6. The lowest BCUT2D eigenvalue weighted by molar-refractivity contribution is 0.405. The van der Waals surface area contributed by atoms with Gasteiger partial charge >= 0.3 is 0 Å². The molecular weight excluding hydrogens is 653 g/mol. The van der Waals surface area contributed by atoms with Crippen LogP contribution in [0.5, 0.6) is 23.0 Å². The zero-order valence-corrected chi connectivity index (χ0v) is 32.2. The topological polar surface area (TPSA) is 80.9 Å². The largest absolute Gasteiger partial charge is 0.507 e. The van der Waals surface area contributed by atoms with Crippen LogP contribution in [0.2, 0.25) is 0 Å². The fraction of sp³-hybridized carbons (Fsp3) is 0.265. The first kappa shape index (κ1) is 37.3. The van der Waals surface area contributed by atoms with Crippen LogP contribution < -0.4 is 0 Å². The van der Waals surface area contributed by atoms with Gasteiger partial charge in [0.2, 0.25) is 0 Å². The Bertz CT molecular complexity index is 1900. The first-order chi connectivity index (χ1) is 25.0. The van der Waals surface area contributed by atoms with E-state index in [1.165, 1.54) is 0 Å². The van der Waals surface area contributed by atoms with Gasteiger partial charge < -0.3 is 20.4 Å². The standard InChI is InChI=1S/C49H52O4/c1-46(2,32-21-13-9-14-22-32)38-30-39(47(3,4)33-23-15-10-16-24-33)43(51)36(42(38)50)29-37-44(52)40(48(5,6)34-25-17-11-18-26-34)31-41(45(37)53)49(7,8)35-27-19-12-20-28-35/h9-28,30-31,50-53H,29H2,1-8H3. The number of hydrogen-bond acceptors (Lipinski definition) is 4. The maximum absolute atomic E-state index is 12.4. The van der Waals surface area contributed by atoms with E-state index in [0.29, 0.717) is 22.3 Å². The van der Waals surface area contributed by atoms with Crippen molar-refractivity contribution < 1.29 is 20.4 Å². The highest BCUT2D eigenvalue weighted by molar-refractivity contribution is 5.67. The van der Waals surface area contributed by atoms with Crippen LogP contribution in [-0.2, 0) is 28.1 Å². The molecular formula is C49H52O4. The summed E-state index contributed by atoms with van der Waals surface area (Å²) < 4.78 is 0. The van der Waals surface area contributed by atoms with Crippen molar-refractivity contribution in [2.24, 2.45) is 0 Å². The molecule has 4 N–H and O–H groups in total. The molecule has 6 aromatic carbocycles. The average molecular weight is 705 g/mol. The molecule has 0 aliphatic heterocycles. The first-order valence-corrected chi connectivity index (χ1v) is 18.4. The summed E-state index contributed by atoms with van der Waals surface area (Å²) in [6.07, 6.45) is -0.123. The van der Waals surface area contributed by atoms with Crippen LogP contribution in [0.4, 0.5) is 0 Å². The molecule has 0 aliphatic rings. The lowest BCUT2D eigenvalue weighted by atomic mass is 9.70. The summed E-state index contributed by atoms with van der Waals surface area (Å²) in [7, 11) is 0. The second-order valence-corrected chi connectivity index (χ2v) is 16.4. The summed E-state index contributed by atoms with van der Waals surface area (Å²) in [5.41, 5.74) is 4.37. The molecule has 0 atom stereocenters. The molecule has 0 saturated heterocycles. The molecule has 0 spiro atoms. The molecule has 0 fully saturated rings. The minimum Gasteiger partial charge on any atom is -0.507 e. The number of aromatic hydroxyl groups is 4. The monoisotopic (exact) mass is 704 g/mol. The van der Waals surface area contributed by atoms with Crippen LogP contribution in [-0.4, -0.2) is 20.4 Å². The van der Waals surface area contributed by atoms with E-state index in [0.717, 1.165) is 22.3 Å². The van der Waals surface area contributed by atoms with E-state index < -0.39 is 21.7 Å². The summed E-state index contributed by atoms with van der Waals surface area (Å²) in [4.78, 5) is 0. The smallest absolute Gasteiger partial charge is 0.126 e. The fourth-order valence-electron chi connectivity index (χ4n) is 7.90. The summed E-state index contributed by atoms with van der Waals surface area (Å²) >= 11 is 0. The van der Waals surface area contributed by atoms with E-state index in [1.807, 2.05) is 133 Å². The Hall–Kier alpha value is -5.48. The minimum absolute atomic E-state index is 0.0700. The highest BCUT2D eigenvalue weighted by atomic mass is 16.3. The van der Waals surface area contributed by atoms with Crippen LogP contribution in [0.1, 0.15) is 111 Å². The highest BCUT2D eigenvalue weighted by Gasteiger charge is 2.38. The summed E-state index contributed by atoms with van der Waals surface area (Å²) in [6.45, 7) is 16.5. The Balaban J connectivity index is 1.66. The van der Waals surface area contributed by atoms with E-state index >= 15 is 0 Å². The molecule has 6 aromatic rings. The van der Waals surface area contributed by atoms with Crippen LogP contribution in [0.25, 0.3) is 0 Å². The quantitative estimate of drug-likeness (QED) is 0.114. The van der Waals surface area contributed by atoms with Gasteiger partial charge in [0.05, 0.1) is 0 Å². The van der Waals surface area contributed by atoms with E-state index in [1.54, 1.807) is 0 Å². The number of phenolic OH excluding ortho intramolecular Hbond substituents is 4. The Labute approximate surface area is 315 Å². The van der Waals surface area contributed by atoms with Crippen molar-refractivity contribution in [2.45, 2.75) is 83.5 Å². The number of rotatable bonds is 10. The lowest BCUT2D eigenvalue weighted by Crippen LogP contribution is -2.25. The SMILES string of the molecule is CC(C)(c1ccccc1)c1cc(C(C)(C)c2ccccc2)c(O)c(Cc2c(O)c(C(C)(C)c3ccccc3)cc(C(C)(C)c3ccccc3)c2O)c1O. The lowest BCUT2D eigenvalue weighted by Gasteiger charge is -2.35. The number of hydrogen-bond donors (Lipinski definition) is 4. The van der Waals surface area contributed by atoms with Crippen molar-refractivity contribution in [2.75, 3.05) is 0 Å². The van der Waals surface area contributed by atoms with Crippen LogP contribution >= 0.6 is 0 Å². The van der Waals surface area contributed by atoms with Crippen LogP contribution in [0.15, 0.2) is 133 Å². The first-order valence-electron chi connectivity index (χ1n) is 18.4. The highest BCUT2D eigenvalue weighted by Crippen LogP contribution is 2.52. The molecule has 0 bridgehead atoms. The van der Waals surface area contributed by atoms with E-state index in [9.17, 15) is 20.4 Å². The fourth-order valence-corrected chi connectivity index (χ4v) is 7.90. The van der Waals surface area contributed by atoms with Gasteiger partial charge in [-0.1, -0.05) is 177 Å². The van der Waals surface area contributed by atoms with E-state index in [2.05, 4.69) is 55.4 Å². The molecule has 0 saturated carbocycles. The zero-order valence-electron chi connectivity index (χ0n) is 32.2. The predicted molar refractivity (Wildman–Crippen MR) is 217 cm³/mol. The summed E-state index contributed by atoms with van der Waals surface area (Å²) in [6, 6.07) is 43.9. The van der Waals surface area contributed by atoms with Gasteiger partial charge in [0.25, 0.3) is 0 Å². The van der Waals surface area contributed by atoms with Crippen molar-refractivity contribution in [1.29, 1.82) is 0 Å².